The molecule has 0 fully saturated rings. The van der Waals surface area contributed by atoms with E-state index in [2.05, 4.69) is 5.32 Å². The first-order valence-electron chi connectivity index (χ1n) is 7.99. The number of methoxy groups -OCH3 is 1. The van der Waals surface area contributed by atoms with Crippen molar-refractivity contribution < 1.29 is 32.6 Å². The number of nitrogens with one attached hydrogen (secondary N) is 1. The summed E-state index contributed by atoms with van der Waals surface area (Å²) in [5.74, 6) is -1.95. The van der Waals surface area contributed by atoms with Gasteiger partial charge in [-0.1, -0.05) is 42.5 Å². The Morgan fingerprint density at radius 2 is 1.67 bits per heavy atom. The van der Waals surface area contributed by atoms with Crippen LogP contribution in [0.3, 0.4) is 0 Å². The molecule has 2 rings (SSSR count). The van der Waals surface area contributed by atoms with Gasteiger partial charge < -0.3 is 15.2 Å². The van der Waals surface area contributed by atoms with Crippen molar-refractivity contribution in [1.82, 2.24) is 5.32 Å². The molecule has 0 heterocycles. The van der Waals surface area contributed by atoms with Crippen LogP contribution >= 0.6 is 0 Å². The van der Waals surface area contributed by atoms with Gasteiger partial charge in [-0.2, -0.15) is 13.2 Å². The van der Waals surface area contributed by atoms with Gasteiger partial charge in [-0.15, -0.1) is 0 Å². The monoisotopic (exact) mass is 381 g/mol. The Bertz CT molecular complexity index is 776. The lowest BCUT2D eigenvalue weighted by Gasteiger charge is -2.20. The summed E-state index contributed by atoms with van der Waals surface area (Å²) in [5, 5.41) is 11.7. The zero-order valence-corrected chi connectivity index (χ0v) is 14.4. The van der Waals surface area contributed by atoms with Crippen molar-refractivity contribution in [2.75, 3.05) is 7.11 Å². The van der Waals surface area contributed by atoms with Crippen LogP contribution in [0.4, 0.5) is 13.2 Å². The minimum absolute atomic E-state index is 0.162. The number of rotatable bonds is 7. The van der Waals surface area contributed by atoms with Crippen LogP contribution < -0.4 is 5.32 Å². The molecule has 2 aromatic carbocycles. The molecule has 0 bridgehead atoms. The topological polar surface area (TPSA) is 75.6 Å². The Labute approximate surface area is 153 Å². The smallest absolute Gasteiger partial charge is 0.416 e. The van der Waals surface area contributed by atoms with Crippen LogP contribution in [-0.2, 0) is 26.9 Å². The van der Waals surface area contributed by atoms with Gasteiger partial charge in [0, 0.05) is 13.5 Å². The molecular weight excluding hydrogens is 363 g/mol. The first-order chi connectivity index (χ1) is 12.7. The molecule has 1 amide bonds. The number of amides is 1. The summed E-state index contributed by atoms with van der Waals surface area (Å²) in [7, 11) is 1.32. The standard InChI is InChI=1S/C19H18F3NO4/c1-27-16(13-5-3-2-4-6-13)17(24)23-15(18(25)26)11-12-7-9-14(10-8-12)19(20,21)22/h2-10,15-16H,11H2,1H3,(H,23,24)(H,25,26)/t15-,16-/m0/s1. The average Bonchev–Trinajstić information content (AvgIpc) is 2.62. The van der Waals surface area contributed by atoms with Crippen molar-refractivity contribution in [1.29, 1.82) is 0 Å². The van der Waals surface area contributed by atoms with Gasteiger partial charge in [0.1, 0.15) is 6.04 Å². The van der Waals surface area contributed by atoms with Crippen molar-refractivity contribution >= 4 is 11.9 Å². The fourth-order valence-electron chi connectivity index (χ4n) is 2.54. The molecule has 0 radical (unpaired) electrons. The fourth-order valence-corrected chi connectivity index (χ4v) is 2.54. The number of ether oxygens (including phenoxy) is 1. The summed E-state index contributed by atoms with van der Waals surface area (Å²) < 4.78 is 43.0. The number of benzene rings is 2. The molecule has 0 aromatic heterocycles. The van der Waals surface area contributed by atoms with E-state index in [-0.39, 0.29) is 6.42 Å². The Morgan fingerprint density at radius 1 is 1.07 bits per heavy atom. The lowest BCUT2D eigenvalue weighted by molar-refractivity contribution is -0.144. The minimum Gasteiger partial charge on any atom is -0.480 e. The molecule has 2 atom stereocenters. The summed E-state index contributed by atoms with van der Waals surface area (Å²) in [5.41, 5.74) is 0.0752. The quantitative estimate of drug-likeness (QED) is 0.772. The first-order valence-corrected chi connectivity index (χ1v) is 7.99. The number of carbonyl (C=O) groups excluding carboxylic acids is 1. The van der Waals surface area contributed by atoms with Gasteiger partial charge in [0.25, 0.3) is 5.91 Å². The molecule has 144 valence electrons. The maximum absolute atomic E-state index is 12.6. The Morgan fingerprint density at radius 3 is 2.15 bits per heavy atom. The van der Waals surface area contributed by atoms with Gasteiger partial charge in [-0.3, -0.25) is 4.79 Å². The third-order valence-corrected chi connectivity index (χ3v) is 3.91. The molecule has 27 heavy (non-hydrogen) atoms. The van der Waals surface area contributed by atoms with E-state index >= 15 is 0 Å². The highest BCUT2D eigenvalue weighted by molar-refractivity contribution is 5.87. The highest BCUT2D eigenvalue weighted by atomic mass is 19.4. The Kier molecular flexibility index (Phi) is 6.57. The molecule has 0 spiro atoms. The van der Waals surface area contributed by atoms with E-state index in [1.54, 1.807) is 30.3 Å². The summed E-state index contributed by atoms with van der Waals surface area (Å²) in [6, 6.07) is 11.3. The van der Waals surface area contributed by atoms with Gasteiger partial charge in [0.15, 0.2) is 6.10 Å². The molecule has 2 aromatic rings. The van der Waals surface area contributed by atoms with Crippen molar-refractivity contribution in [2.45, 2.75) is 24.7 Å². The molecule has 0 saturated heterocycles. The Hall–Kier alpha value is -2.87. The second kappa shape index (κ2) is 8.68. The predicted molar refractivity (Wildman–Crippen MR) is 90.9 cm³/mol. The van der Waals surface area contributed by atoms with E-state index < -0.39 is 35.8 Å². The predicted octanol–water partition coefficient (Wildman–Crippen LogP) is 3.21. The molecule has 2 N–H and O–H groups in total. The molecule has 0 saturated carbocycles. The van der Waals surface area contributed by atoms with E-state index in [0.717, 1.165) is 12.1 Å². The fraction of sp³-hybridized carbons (Fsp3) is 0.263. The van der Waals surface area contributed by atoms with Crippen LogP contribution in [0.5, 0.6) is 0 Å². The van der Waals surface area contributed by atoms with Crippen LogP contribution in [0, 0.1) is 0 Å². The van der Waals surface area contributed by atoms with Gasteiger partial charge >= 0.3 is 12.1 Å². The zero-order valence-electron chi connectivity index (χ0n) is 14.4. The van der Waals surface area contributed by atoms with Crippen LogP contribution in [0.15, 0.2) is 54.6 Å². The second-order valence-corrected chi connectivity index (χ2v) is 5.82. The first kappa shape index (κ1) is 20.4. The lowest BCUT2D eigenvalue weighted by atomic mass is 10.0. The van der Waals surface area contributed by atoms with E-state index in [1.807, 2.05) is 0 Å². The number of carbonyl (C=O) groups is 2. The number of hydrogen-bond donors (Lipinski definition) is 2. The molecule has 0 aliphatic rings. The normalized spacial score (nSPS) is 13.6. The second-order valence-electron chi connectivity index (χ2n) is 5.82. The molecule has 0 unspecified atom stereocenters. The number of hydrogen-bond acceptors (Lipinski definition) is 3. The van der Waals surface area contributed by atoms with Crippen molar-refractivity contribution in [2.24, 2.45) is 0 Å². The van der Waals surface area contributed by atoms with Gasteiger partial charge in [-0.05, 0) is 23.3 Å². The van der Waals surface area contributed by atoms with E-state index in [1.165, 1.54) is 19.2 Å². The number of carboxylic acids is 1. The minimum atomic E-state index is -4.47. The number of halogens is 3. The molecule has 5 nitrogen and oxygen atoms in total. The lowest BCUT2D eigenvalue weighted by Crippen LogP contribution is -2.44. The largest absolute Gasteiger partial charge is 0.480 e. The SMILES string of the molecule is CO[C@H](C(=O)N[C@@H](Cc1ccc(C(F)(F)F)cc1)C(=O)O)c1ccccc1. The Balaban J connectivity index is 2.11. The molecular formula is C19H18F3NO4. The third-order valence-electron chi connectivity index (χ3n) is 3.91. The van der Waals surface area contributed by atoms with Crippen LogP contribution in [0.1, 0.15) is 22.8 Å². The maximum Gasteiger partial charge on any atom is 0.416 e. The van der Waals surface area contributed by atoms with Crippen LogP contribution in [0.25, 0.3) is 0 Å². The van der Waals surface area contributed by atoms with Crippen LogP contribution in [0.2, 0.25) is 0 Å². The number of carboxylic acid groups (broad SMARTS) is 1. The third kappa shape index (κ3) is 5.55. The van der Waals surface area contributed by atoms with Crippen molar-refractivity contribution in [3.8, 4) is 0 Å². The number of alkyl halides is 3. The van der Waals surface area contributed by atoms with Gasteiger partial charge in [0.2, 0.25) is 0 Å². The maximum atomic E-state index is 12.6. The molecule has 0 aliphatic carbocycles. The van der Waals surface area contributed by atoms with Gasteiger partial charge in [-0.25, -0.2) is 4.79 Å². The van der Waals surface area contributed by atoms with Crippen molar-refractivity contribution in [3.05, 3.63) is 71.3 Å². The summed E-state index contributed by atoms with van der Waals surface area (Å²) in [4.78, 5) is 23.9. The van der Waals surface area contributed by atoms with Crippen LogP contribution in [-0.4, -0.2) is 30.1 Å². The summed E-state index contributed by atoms with van der Waals surface area (Å²) in [6.45, 7) is 0. The van der Waals surface area contributed by atoms with Gasteiger partial charge in [0.05, 0.1) is 5.56 Å². The zero-order chi connectivity index (χ0) is 20.0. The highest BCUT2D eigenvalue weighted by Crippen LogP contribution is 2.29. The van der Waals surface area contributed by atoms with Crippen molar-refractivity contribution in [3.63, 3.8) is 0 Å². The molecule has 8 heteroatoms. The average molecular weight is 381 g/mol. The highest BCUT2D eigenvalue weighted by Gasteiger charge is 2.30. The van der Waals surface area contributed by atoms with E-state index in [4.69, 9.17) is 4.74 Å². The number of aliphatic carboxylic acids is 1. The summed E-state index contributed by atoms with van der Waals surface area (Å²) >= 11 is 0. The summed E-state index contributed by atoms with van der Waals surface area (Å²) in [6.07, 6.45) is -5.63. The molecule has 0 aliphatic heterocycles. The van der Waals surface area contributed by atoms with E-state index in [9.17, 15) is 27.9 Å². The van der Waals surface area contributed by atoms with E-state index in [0.29, 0.717) is 11.1 Å².